The van der Waals surface area contributed by atoms with Gasteiger partial charge in [-0.05, 0) is 52.5 Å². The van der Waals surface area contributed by atoms with Crippen molar-refractivity contribution >= 4 is 29.5 Å². The van der Waals surface area contributed by atoms with Crippen molar-refractivity contribution in [3.05, 3.63) is 23.3 Å². The number of rotatable bonds is 5. The molecule has 0 saturated carbocycles. The molecule has 250 valence electrons. The minimum atomic E-state index is -1.80. The van der Waals surface area contributed by atoms with Gasteiger partial charge in [0.05, 0.1) is 26.4 Å². The van der Waals surface area contributed by atoms with Crippen molar-refractivity contribution in [2.75, 3.05) is 46.0 Å². The molecule has 0 aromatic rings. The predicted molar refractivity (Wildman–Crippen MR) is 149 cm³/mol. The lowest BCUT2D eigenvalue weighted by Gasteiger charge is -2.28. The monoisotopic (exact) mass is 645 g/mol. The lowest BCUT2D eigenvalue weighted by Crippen LogP contribution is -2.48. The van der Waals surface area contributed by atoms with Gasteiger partial charge in [-0.25, -0.2) is 9.59 Å². The summed E-state index contributed by atoms with van der Waals surface area (Å²) in [6.45, 7) is 4.93. The van der Waals surface area contributed by atoms with Gasteiger partial charge in [-0.1, -0.05) is 0 Å². The number of halogens is 4. The normalized spacial score (nSPS) is 30.0. The summed E-state index contributed by atoms with van der Waals surface area (Å²) in [5.41, 5.74) is -2.41. The first-order valence-corrected chi connectivity index (χ1v) is 15.2. The number of aliphatic hydroxyl groups is 1. The summed E-state index contributed by atoms with van der Waals surface area (Å²) in [7, 11) is 0. The Morgan fingerprint density at radius 2 is 1.27 bits per heavy atom. The number of Topliss-reactive ketones (excluding diaryl/α,β-unsaturated/α-hetero) is 1. The van der Waals surface area contributed by atoms with Crippen LogP contribution >= 0.6 is 0 Å². The van der Waals surface area contributed by atoms with E-state index in [1.54, 1.807) is 13.8 Å². The molecule has 0 aromatic carbocycles. The first-order valence-electron chi connectivity index (χ1n) is 15.2. The summed E-state index contributed by atoms with van der Waals surface area (Å²) in [5, 5.41) is 9.22. The lowest BCUT2D eigenvalue weighted by molar-refractivity contribution is -0.157. The van der Waals surface area contributed by atoms with Crippen molar-refractivity contribution in [1.29, 1.82) is 0 Å². The van der Waals surface area contributed by atoms with Gasteiger partial charge in [0.15, 0.2) is 5.78 Å². The van der Waals surface area contributed by atoms with E-state index in [0.29, 0.717) is 25.8 Å². The van der Waals surface area contributed by atoms with Gasteiger partial charge < -0.3 is 24.4 Å². The van der Waals surface area contributed by atoms with E-state index in [1.165, 1.54) is 9.80 Å². The molecular formula is C30H39F4N3O8. The summed E-state index contributed by atoms with van der Waals surface area (Å²) in [5.74, 6) is -1.43. The highest BCUT2D eigenvalue weighted by atomic mass is 19.3. The van der Waals surface area contributed by atoms with E-state index in [-0.39, 0.29) is 92.9 Å². The van der Waals surface area contributed by atoms with Crippen molar-refractivity contribution in [2.24, 2.45) is 0 Å². The number of amides is 2. The van der Waals surface area contributed by atoms with Gasteiger partial charge in [0.2, 0.25) is 11.8 Å². The highest BCUT2D eigenvalue weighted by molar-refractivity contribution is 6.02. The summed E-state index contributed by atoms with van der Waals surface area (Å²) in [4.78, 5) is 62.6. The number of esters is 2. The topological polar surface area (TPSA) is 134 Å². The molecule has 0 aliphatic carbocycles. The Bertz CT molecular complexity index is 1300. The Morgan fingerprint density at radius 1 is 0.756 bits per heavy atom. The second-order valence-corrected chi connectivity index (χ2v) is 12.2. The Hall–Kier alpha value is -3.33. The van der Waals surface area contributed by atoms with Gasteiger partial charge >= 0.3 is 11.9 Å². The Kier molecular flexibility index (Phi) is 10.4. The van der Waals surface area contributed by atoms with Gasteiger partial charge in [0.1, 0.15) is 11.1 Å². The molecule has 11 nitrogen and oxygen atoms in total. The Morgan fingerprint density at radius 3 is 1.76 bits per heavy atom. The van der Waals surface area contributed by atoms with E-state index >= 15 is 0 Å². The molecule has 0 bridgehead atoms. The molecule has 6 saturated heterocycles. The highest BCUT2D eigenvalue weighted by Crippen LogP contribution is 2.44. The van der Waals surface area contributed by atoms with Crippen LogP contribution in [0.2, 0.25) is 0 Å². The van der Waals surface area contributed by atoms with Crippen LogP contribution in [0.3, 0.4) is 0 Å². The summed E-state index contributed by atoms with van der Waals surface area (Å²) < 4.78 is 59.7. The SMILES string of the molecule is CCOC(=O)[C@@]12CCC(=O)N1CC(=C(F)F)C2.CCOC(=O)[C@@]12CCC(=O)N1CC(=O)C2.OC[C@@]12CCCN1CC(=C(F)F)C2. The average molecular weight is 646 g/mol. The van der Waals surface area contributed by atoms with Gasteiger partial charge in [-0.15, -0.1) is 0 Å². The van der Waals surface area contributed by atoms with Gasteiger partial charge in [-0.3, -0.25) is 19.3 Å². The number of hydrogen-bond acceptors (Lipinski definition) is 9. The van der Waals surface area contributed by atoms with E-state index in [0.717, 1.165) is 19.4 Å². The van der Waals surface area contributed by atoms with Crippen LogP contribution < -0.4 is 0 Å². The van der Waals surface area contributed by atoms with Crippen LogP contribution in [0.25, 0.3) is 0 Å². The van der Waals surface area contributed by atoms with Crippen molar-refractivity contribution in [1.82, 2.24) is 14.7 Å². The first kappa shape index (κ1) is 34.5. The van der Waals surface area contributed by atoms with Crippen LogP contribution in [0, 0.1) is 0 Å². The van der Waals surface area contributed by atoms with E-state index in [4.69, 9.17) is 9.47 Å². The maximum atomic E-state index is 12.6. The number of fused-ring (bicyclic) bond motifs is 3. The molecule has 2 amide bonds. The second kappa shape index (κ2) is 13.6. The lowest BCUT2D eigenvalue weighted by atomic mass is 9.93. The largest absolute Gasteiger partial charge is 0.464 e. The molecule has 15 heteroatoms. The van der Waals surface area contributed by atoms with E-state index in [2.05, 4.69) is 0 Å². The third-order valence-electron chi connectivity index (χ3n) is 9.62. The number of carbonyl (C=O) groups excluding carboxylic acids is 5. The van der Waals surface area contributed by atoms with Crippen LogP contribution in [-0.2, 0) is 33.4 Å². The van der Waals surface area contributed by atoms with Crippen molar-refractivity contribution < 1.29 is 56.1 Å². The van der Waals surface area contributed by atoms with Crippen LogP contribution in [0.1, 0.15) is 71.6 Å². The third kappa shape index (κ3) is 6.38. The molecule has 0 spiro atoms. The average Bonchev–Trinajstić information content (AvgIpc) is 3.81. The second-order valence-electron chi connectivity index (χ2n) is 12.2. The van der Waals surface area contributed by atoms with Crippen molar-refractivity contribution in [3.8, 4) is 0 Å². The maximum absolute atomic E-state index is 12.6. The van der Waals surface area contributed by atoms with E-state index in [1.807, 2.05) is 4.90 Å². The fourth-order valence-corrected chi connectivity index (χ4v) is 7.36. The zero-order valence-electron chi connectivity index (χ0n) is 25.5. The summed E-state index contributed by atoms with van der Waals surface area (Å²) in [6.07, 6.45) is 0.132. The minimum Gasteiger partial charge on any atom is -0.464 e. The quantitative estimate of drug-likeness (QED) is 0.354. The molecule has 6 fully saturated rings. The maximum Gasteiger partial charge on any atom is 0.332 e. The molecule has 1 N–H and O–H groups in total. The molecule has 45 heavy (non-hydrogen) atoms. The molecule has 6 rings (SSSR count). The molecule has 3 atom stereocenters. The molecule has 6 heterocycles. The Labute approximate surface area is 258 Å². The molecule has 6 aliphatic heterocycles. The molecular weight excluding hydrogens is 606 g/mol. The Balaban J connectivity index is 0.000000155. The summed E-state index contributed by atoms with van der Waals surface area (Å²) >= 11 is 0. The molecule has 0 aromatic heterocycles. The predicted octanol–water partition coefficient (Wildman–Crippen LogP) is 2.72. The van der Waals surface area contributed by atoms with Crippen LogP contribution in [0.15, 0.2) is 23.3 Å². The van der Waals surface area contributed by atoms with Gasteiger partial charge in [0, 0.05) is 55.5 Å². The number of ether oxygens (including phenoxy) is 2. The zero-order chi connectivity index (χ0) is 33.2. The number of ketones is 1. The smallest absolute Gasteiger partial charge is 0.332 e. The minimum absolute atomic E-state index is 0.00375. The summed E-state index contributed by atoms with van der Waals surface area (Å²) in [6, 6.07) is 0. The molecule has 0 unspecified atom stereocenters. The van der Waals surface area contributed by atoms with Gasteiger partial charge in [0.25, 0.3) is 12.2 Å². The first-order chi connectivity index (χ1) is 21.3. The van der Waals surface area contributed by atoms with Crippen LogP contribution in [-0.4, -0.2) is 112 Å². The molecule has 6 aliphatic rings. The van der Waals surface area contributed by atoms with Gasteiger partial charge in [-0.2, -0.15) is 17.6 Å². The van der Waals surface area contributed by atoms with Crippen LogP contribution in [0.4, 0.5) is 17.6 Å². The number of carbonyl (C=O) groups is 5. The standard InChI is InChI=1S/C11H13F2NO3.C10H13NO4.C9H13F2NO/c1-2-17-10(16)11-4-3-8(15)14(11)6-7(5-11)9(12)13;1-2-15-9(14)10-4-3-8(13)11(10)6-7(12)5-10;10-8(11)7-4-9(6-13)2-1-3-12(9)5-7/h2-6H2,1H3;2-6H2,1H3;13H,1-6H2/t11-;10-;9-/m000/s1. The number of hydrogen-bond donors (Lipinski definition) is 1. The molecule has 0 radical (unpaired) electrons. The fourth-order valence-electron chi connectivity index (χ4n) is 7.36. The van der Waals surface area contributed by atoms with Crippen LogP contribution in [0.5, 0.6) is 0 Å². The zero-order valence-corrected chi connectivity index (χ0v) is 25.5. The number of aliphatic hydroxyl groups excluding tert-OH is 1. The van der Waals surface area contributed by atoms with E-state index < -0.39 is 35.2 Å². The van der Waals surface area contributed by atoms with E-state index in [9.17, 15) is 46.6 Å². The highest BCUT2D eigenvalue weighted by Gasteiger charge is 2.58. The van der Waals surface area contributed by atoms with Crippen molar-refractivity contribution in [2.45, 2.75) is 88.3 Å². The fraction of sp³-hybridized carbons (Fsp3) is 0.700. The third-order valence-corrected chi connectivity index (χ3v) is 9.62. The van der Waals surface area contributed by atoms with Crippen molar-refractivity contribution in [3.63, 3.8) is 0 Å². The number of nitrogens with zero attached hydrogens (tertiary/aromatic N) is 3.